The molecule has 2 N–H and O–H groups in total. The van der Waals surface area contributed by atoms with Crippen molar-refractivity contribution >= 4 is 5.91 Å². The summed E-state index contributed by atoms with van der Waals surface area (Å²) in [6, 6.07) is 9.50. The molecule has 1 atom stereocenters. The molecule has 3 rings (SSSR count). The summed E-state index contributed by atoms with van der Waals surface area (Å²) >= 11 is 0. The summed E-state index contributed by atoms with van der Waals surface area (Å²) in [5.74, 6) is 1.30. The normalized spacial score (nSPS) is 18.0. The Kier molecular flexibility index (Phi) is 4.99. The molecule has 1 aromatic heterocycles. The van der Waals surface area contributed by atoms with E-state index in [0.29, 0.717) is 12.4 Å². The van der Waals surface area contributed by atoms with Crippen LogP contribution in [0.4, 0.5) is 0 Å². The summed E-state index contributed by atoms with van der Waals surface area (Å²) in [5.41, 5.74) is 5.96. The summed E-state index contributed by atoms with van der Waals surface area (Å²) in [6.45, 7) is 4.84. The smallest absolute Gasteiger partial charge is 0.242 e. The highest BCUT2D eigenvalue weighted by Gasteiger charge is 2.32. The highest BCUT2D eigenvalue weighted by molar-refractivity contribution is 5.85. The first-order valence-electron chi connectivity index (χ1n) is 8.56. The molecule has 0 unspecified atom stereocenters. The largest absolute Gasteiger partial charge is 0.437 e. The number of piperidine rings is 1. The SMILES string of the molecule is CC(C)(N)C(=O)N1CCC[C@H](c2cncc(Oc3ccccc3)n2)C1. The summed E-state index contributed by atoms with van der Waals surface area (Å²) in [7, 11) is 0. The lowest BCUT2D eigenvalue weighted by Gasteiger charge is -2.36. The van der Waals surface area contributed by atoms with Gasteiger partial charge >= 0.3 is 0 Å². The number of aromatic nitrogens is 2. The van der Waals surface area contributed by atoms with Crippen molar-refractivity contribution in [2.24, 2.45) is 5.73 Å². The number of benzene rings is 1. The van der Waals surface area contributed by atoms with Crippen LogP contribution in [-0.4, -0.2) is 39.4 Å². The third kappa shape index (κ3) is 4.33. The van der Waals surface area contributed by atoms with Crippen LogP contribution in [0.5, 0.6) is 11.6 Å². The van der Waals surface area contributed by atoms with Gasteiger partial charge in [0.25, 0.3) is 0 Å². The molecule has 2 aromatic rings. The number of likely N-dealkylation sites (tertiary alicyclic amines) is 1. The fourth-order valence-corrected chi connectivity index (χ4v) is 3.03. The van der Waals surface area contributed by atoms with Gasteiger partial charge in [0, 0.05) is 25.2 Å². The Morgan fingerprint density at radius 3 is 2.76 bits per heavy atom. The third-order valence-corrected chi connectivity index (χ3v) is 4.27. The van der Waals surface area contributed by atoms with E-state index in [4.69, 9.17) is 10.5 Å². The van der Waals surface area contributed by atoms with E-state index in [1.54, 1.807) is 26.2 Å². The zero-order chi connectivity index (χ0) is 17.9. The summed E-state index contributed by atoms with van der Waals surface area (Å²) in [4.78, 5) is 23.1. The third-order valence-electron chi connectivity index (χ3n) is 4.27. The zero-order valence-corrected chi connectivity index (χ0v) is 14.7. The fraction of sp³-hybridized carbons (Fsp3) is 0.421. The molecule has 0 saturated carbocycles. The maximum Gasteiger partial charge on any atom is 0.242 e. The summed E-state index contributed by atoms with van der Waals surface area (Å²) in [5, 5.41) is 0. The predicted molar refractivity (Wildman–Crippen MR) is 95.4 cm³/mol. The van der Waals surface area contributed by atoms with Crippen LogP contribution < -0.4 is 10.5 Å². The van der Waals surface area contributed by atoms with Crippen molar-refractivity contribution in [3.63, 3.8) is 0 Å². The Labute approximate surface area is 148 Å². The monoisotopic (exact) mass is 340 g/mol. The lowest BCUT2D eigenvalue weighted by molar-refractivity contribution is -0.137. The molecule has 1 aliphatic rings. The molecular weight excluding hydrogens is 316 g/mol. The van der Waals surface area contributed by atoms with Gasteiger partial charge in [-0.15, -0.1) is 0 Å². The highest BCUT2D eigenvalue weighted by Crippen LogP contribution is 2.28. The second-order valence-corrected chi connectivity index (χ2v) is 7.01. The molecule has 1 amide bonds. The van der Waals surface area contributed by atoms with Gasteiger partial charge in [0.2, 0.25) is 11.8 Å². The van der Waals surface area contributed by atoms with Gasteiger partial charge in [0.15, 0.2) is 0 Å². The molecule has 1 aromatic carbocycles. The molecule has 2 heterocycles. The first kappa shape index (κ1) is 17.4. The van der Waals surface area contributed by atoms with E-state index in [1.807, 2.05) is 35.2 Å². The van der Waals surface area contributed by atoms with E-state index in [-0.39, 0.29) is 11.8 Å². The maximum atomic E-state index is 12.4. The molecule has 0 radical (unpaired) electrons. The van der Waals surface area contributed by atoms with Gasteiger partial charge in [-0.05, 0) is 38.8 Å². The second-order valence-electron chi connectivity index (χ2n) is 7.01. The van der Waals surface area contributed by atoms with E-state index >= 15 is 0 Å². The van der Waals surface area contributed by atoms with Crippen LogP contribution in [0.1, 0.15) is 38.3 Å². The number of rotatable bonds is 4. The Morgan fingerprint density at radius 2 is 2.04 bits per heavy atom. The van der Waals surface area contributed by atoms with Crippen molar-refractivity contribution < 1.29 is 9.53 Å². The molecule has 132 valence electrons. The number of amides is 1. The van der Waals surface area contributed by atoms with Crippen LogP contribution in [-0.2, 0) is 4.79 Å². The molecule has 1 aliphatic heterocycles. The molecule has 0 spiro atoms. The molecule has 25 heavy (non-hydrogen) atoms. The number of carbonyl (C=O) groups is 1. The molecule has 0 bridgehead atoms. The number of para-hydroxylation sites is 1. The van der Waals surface area contributed by atoms with Gasteiger partial charge in [0.1, 0.15) is 5.75 Å². The van der Waals surface area contributed by atoms with Crippen LogP contribution in [0.3, 0.4) is 0 Å². The van der Waals surface area contributed by atoms with Crippen molar-refractivity contribution in [3.05, 3.63) is 48.4 Å². The molecule has 6 nitrogen and oxygen atoms in total. The van der Waals surface area contributed by atoms with Crippen molar-refractivity contribution in [1.82, 2.24) is 14.9 Å². The molecule has 0 aliphatic carbocycles. The van der Waals surface area contributed by atoms with Gasteiger partial charge in [-0.2, -0.15) is 0 Å². The Hall–Kier alpha value is -2.47. The van der Waals surface area contributed by atoms with Gasteiger partial charge < -0.3 is 15.4 Å². The molecular formula is C19H24N4O2. The number of nitrogens with two attached hydrogens (primary N) is 1. The maximum absolute atomic E-state index is 12.4. The van der Waals surface area contributed by atoms with Crippen molar-refractivity contribution in [2.75, 3.05) is 13.1 Å². The van der Waals surface area contributed by atoms with E-state index in [1.165, 1.54) is 0 Å². The minimum Gasteiger partial charge on any atom is -0.437 e. The van der Waals surface area contributed by atoms with E-state index < -0.39 is 5.54 Å². The fourth-order valence-electron chi connectivity index (χ4n) is 3.03. The first-order valence-corrected chi connectivity index (χ1v) is 8.56. The van der Waals surface area contributed by atoms with Crippen molar-refractivity contribution in [3.8, 4) is 11.6 Å². The number of hydrogen-bond donors (Lipinski definition) is 1. The molecule has 6 heteroatoms. The Bertz CT molecular complexity index is 728. The highest BCUT2D eigenvalue weighted by atomic mass is 16.5. The molecule has 1 saturated heterocycles. The van der Waals surface area contributed by atoms with Crippen LogP contribution in [0, 0.1) is 0 Å². The predicted octanol–water partition coefficient (Wildman–Crippen LogP) is 2.71. The van der Waals surface area contributed by atoms with Crippen LogP contribution in [0.2, 0.25) is 0 Å². The summed E-state index contributed by atoms with van der Waals surface area (Å²) < 4.78 is 5.76. The number of carbonyl (C=O) groups excluding carboxylic acids is 1. The van der Waals surface area contributed by atoms with Crippen molar-refractivity contribution in [1.29, 1.82) is 0 Å². The van der Waals surface area contributed by atoms with Crippen molar-refractivity contribution in [2.45, 2.75) is 38.1 Å². The second kappa shape index (κ2) is 7.19. The van der Waals surface area contributed by atoms with E-state index in [0.717, 1.165) is 30.8 Å². The minimum absolute atomic E-state index is 0.0261. The lowest BCUT2D eigenvalue weighted by Crippen LogP contribution is -2.53. The van der Waals surface area contributed by atoms with Gasteiger partial charge in [0.05, 0.1) is 17.4 Å². The van der Waals surface area contributed by atoms with E-state index in [2.05, 4.69) is 9.97 Å². The molecule has 1 fully saturated rings. The number of nitrogens with zero attached hydrogens (tertiary/aromatic N) is 3. The first-order chi connectivity index (χ1) is 11.9. The quantitative estimate of drug-likeness (QED) is 0.925. The van der Waals surface area contributed by atoms with Gasteiger partial charge in [-0.3, -0.25) is 9.78 Å². The average molecular weight is 340 g/mol. The summed E-state index contributed by atoms with van der Waals surface area (Å²) in [6.07, 6.45) is 5.26. The zero-order valence-electron chi connectivity index (χ0n) is 14.7. The van der Waals surface area contributed by atoms with Crippen LogP contribution >= 0.6 is 0 Å². The Balaban J connectivity index is 1.73. The van der Waals surface area contributed by atoms with E-state index in [9.17, 15) is 4.79 Å². The van der Waals surface area contributed by atoms with Gasteiger partial charge in [-0.1, -0.05) is 18.2 Å². The van der Waals surface area contributed by atoms with Crippen LogP contribution in [0.15, 0.2) is 42.7 Å². The topological polar surface area (TPSA) is 81.3 Å². The number of hydrogen-bond acceptors (Lipinski definition) is 5. The Morgan fingerprint density at radius 1 is 1.28 bits per heavy atom. The average Bonchev–Trinajstić information content (AvgIpc) is 2.61. The van der Waals surface area contributed by atoms with Gasteiger partial charge in [-0.25, -0.2) is 4.98 Å². The number of ether oxygens (including phenoxy) is 1. The lowest BCUT2D eigenvalue weighted by atomic mass is 9.93. The standard InChI is InChI=1S/C19H24N4O2/c1-19(2,20)18(24)23-10-6-7-14(13-23)16-11-21-12-17(22-16)25-15-8-4-3-5-9-15/h3-5,8-9,11-12,14H,6-7,10,13,20H2,1-2H3/t14-/m0/s1. The minimum atomic E-state index is -0.855. The van der Waals surface area contributed by atoms with Crippen LogP contribution in [0.25, 0.3) is 0 Å².